The summed E-state index contributed by atoms with van der Waals surface area (Å²) in [6.45, 7) is 5.89. The zero-order valence-electron chi connectivity index (χ0n) is 9.16. The molecule has 86 valence electrons. The van der Waals surface area contributed by atoms with Gasteiger partial charge in [-0.15, -0.1) is 0 Å². The number of rotatable bonds is 7. The lowest BCUT2D eigenvalue weighted by molar-refractivity contribution is 0.270. The number of aliphatic hydroxyl groups excluding tert-OH is 1. The minimum Gasteiger partial charge on any atom is -0.396 e. The SMILES string of the molecule is CC(CCO)NCCS(=O)(=O)C(C)C. The predicted octanol–water partition coefficient (Wildman–Crippen LogP) is 0.170. The van der Waals surface area contributed by atoms with Crippen LogP contribution in [0.4, 0.5) is 0 Å². The van der Waals surface area contributed by atoms with Gasteiger partial charge in [0.2, 0.25) is 0 Å². The van der Waals surface area contributed by atoms with Crippen LogP contribution in [0.15, 0.2) is 0 Å². The van der Waals surface area contributed by atoms with Gasteiger partial charge in [0.05, 0.1) is 11.0 Å². The summed E-state index contributed by atoms with van der Waals surface area (Å²) in [5.41, 5.74) is 0. The Labute approximate surface area is 86.6 Å². The van der Waals surface area contributed by atoms with E-state index in [-0.39, 0.29) is 23.7 Å². The molecule has 1 unspecified atom stereocenters. The van der Waals surface area contributed by atoms with Crippen LogP contribution in [0.25, 0.3) is 0 Å². The number of hydrogen-bond acceptors (Lipinski definition) is 4. The summed E-state index contributed by atoms with van der Waals surface area (Å²) in [4.78, 5) is 0. The second-order valence-corrected chi connectivity index (χ2v) is 6.46. The van der Waals surface area contributed by atoms with Crippen LogP contribution in [0.2, 0.25) is 0 Å². The van der Waals surface area contributed by atoms with Gasteiger partial charge in [-0.1, -0.05) is 0 Å². The monoisotopic (exact) mass is 223 g/mol. The first-order chi connectivity index (χ1) is 6.40. The quantitative estimate of drug-likeness (QED) is 0.646. The molecule has 0 radical (unpaired) electrons. The molecule has 0 spiro atoms. The molecule has 0 aromatic carbocycles. The van der Waals surface area contributed by atoms with Gasteiger partial charge >= 0.3 is 0 Å². The van der Waals surface area contributed by atoms with Gasteiger partial charge in [0.15, 0.2) is 9.84 Å². The summed E-state index contributed by atoms with van der Waals surface area (Å²) in [6.07, 6.45) is 0.654. The number of aliphatic hydroxyl groups is 1. The van der Waals surface area contributed by atoms with E-state index in [0.717, 1.165) is 0 Å². The van der Waals surface area contributed by atoms with Gasteiger partial charge in [-0.2, -0.15) is 0 Å². The normalized spacial score (nSPS) is 14.6. The lowest BCUT2D eigenvalue weighted by atomic mass is 10.2. The average molecular weight is 223 g/mol. The number of nitrogens with one attached hydrogen (secondary N) is 1. The molecular formula is C9H21NO3S. The molecule has 0 saturated heterocycles. The summed E-state index contributed by atoms with van der Waals surface area (Å²) in [6, 6.07) is 0.169. The standard InChI is InChI=1S/C9H21NO3S/c1-8(2)14(12,13)7-5-10-9(3)4-6-11/h8-11H,4-7H2,1-3H3. The molecular weight excluding hydrogens is 202 g/mol. The van der Waals surface area contributed by atoms with Crippen molar-refractivity contribution in [2.24, 2.45) is 0 Å². The van der Waals surface area contributed by atoms with E-state index in [1.165, 1.54) is 0 Å². The first-order valence-electron chi connectivity index (χ1n) is 4.96. The summed E-state index contributed by atoms with van der Waals surface area (Å²) >= 11 is 0. The Morgan fingerprint density at radius 1 is 1.29 bits per heavy atom. The molecule has 0 rings (SSSR count). The van der Waals surface area contributed by atoms with Gasteiger partial charge in [-0.05, 0) is 27.2 Å². The molecule has 0 aromatic rings. The highest BCUT2D eigenvalue weighted by atomic mass is 32.2. The maximum absolute atomic E-state index is 11.4. The van der Waals surface area contributed by atoms with E-state index in [1.54, 1.807) is 13.8 Å². The Kier molecular flexibility index (Phi) is 6.31. The minimum absolute atomic E-state index is 0.130. The Bertz CT molecular complexity index is 236. The van der Waals surface area contributed by atoms with Crippen molar-refractivity contribution >= 4 is 9.84 Å². The van der Waals surface area contributed by atoms with Crippen molar-refractivity contribution in [3.63, 3.8) is 0 Å². The third-order valence-electron chi connectivity index (χ3n) is 2.16. The molecule has 14 heavy (non-hydrogen) atoms. The second kappa shape index (κ2) is 6.37. The van der Waals surface area contributed by atoms with Crippen LogP contribution in [-0.2, 0) is 9.84 Å². The predicted molar refractivity (Wildman–Crippen MR) is 58.1 cm³/mol. The van der Waals surface area contributed by atoms with E-state index in [4.69, 9.17) is 5.11 Å². The second-order valence-electron chi connectivity index (χ2n) is 3.78. The Hall–Kier alpha value is -0.130. The molecule has 0 saturated carbocycles. The first kappa shape index (κ1) is 13.9. The van der Waals surface area contributed by atoms with Crippen molar-refractivity contribution in [2.75, 3.05) is 18.9 Å². The maximum atomic E-state index is 11.4. The van der Waals surface area contributed by atoms with E-state index in [2.05, 4.69) is 5.32 Å². The Balaban J connectivity index is 3.74. The fourth-order valence-electron chi connectivity index (χ4n) is 0.979. The van der Waals surface area contributed by atoms with Crippen LogP contribution in [0, 0.1) is 0 Å². The van der Waals surface area contributed by atoms with Crippen LogP contribution in [-0.4, -0.2) is 43.7 Å². The zero-order valence-corrected chi connectivity index (χ0v) is 9.97. The highest BCUT2D eigenvalue weighted by Gasteiger charge is 2.15. The third kappa shape index (κ3) is 5.57. The van der Waals surface area contributed by atoms with Crippen molar-refractivity contribution in [1.82, 2.24) is 5.32 Å². The molecule has 0 aliphatic heterocycles. The lowest BCUT2D eigenvalue weighted by Gasteiger charge is -2.13. The molecule has 0 fully saturated rings. The van der Waals surface area contributed by atoms with Gasteiger partial charge in [-0.25, -0.2) is 8.42 Å². The van der Waals surface area contributed by atoms with Crippen LogP contribution in [0.1, 0.15) is 27.2 Å². The average Bonchev–Trinajstić information content (AvgIpc) is 2.04. The fraction of sp³-hybridized carbons (Fsp3) is 1.00. The van der Waals surface area contributed by atoms with E-state index < -0.39 is 9.84 Å². The molecule has 0 aliphatic rings. The van der Waals surface area contributed by atoms with Crippen molar-refractivity contribution in [1.29, 1.82) is 0 Å². The van der Waals surface area contributed by atoms with Gasteiger partial charge in [0, 0.05) is 19.2 Å². The Morgan fingerprint density at radius 3 is 2.29 bits per heavy atom. The topological polar surface area (TPSA) is 66.4 Å². The zero-order chi connectivity index (χ0) is 11.2. The van der Waals surface area contributed by atoms with Crippen LogP contribution in [0.3, 0.4) is 0 Å². The van der Waals surface area contributed by atoms with Crippen molar-refractivity contribution in [2.45, 2.75) is 38.5 Å². The van der Waals surface area contributed by atoms with Crippen LogP contribution >= 0.6 is 0 Å². The molecule has 5 heteroatoms. The van der Waals surface area contributed by atoms with Crippen molar-refractivity contribution in [3.8, 4) is 0 Å². The molecule has 0 aliphatic carbocycles. The van der Waals surface area contributed by atoms with Gasteiger partial charge in [0.25, 0.3) is 0 Å². The number of hydrogen-bond donors (Lipinski definition) is 2. The fourth-order valence-corrected chi connectivity index (χ4v) is 1.85. The van der Waals surface area contributed by atoms with Crippen LogP contribution < -0.4 is 5.32 Å². The molecule has 1 atom stereocenters. The lowest BCUT2D eigenvalue weighted by Crippen LogP contribution is -2.33. The molecule has 2 N–H and O–H groups in total. The van der Waals surface area contributed by atoms with Crippen LogP contribution in [0.5, 0.6) is 0 Å². The molecule has 0 heterocycles. The first-order valence-corrected chi connectivity index (χ1v) is 6.67. The summed E-state index contributed by atoms with van der Waals surface area (Å²) in [5.74, 6) is 0.167. The molecule has 0 aromatic heterocycles. The largest absolute Gasteiger partial charge is 0.396 e. The minimum atomic E-state index is -2.93. The molecule has 4 nitrogen and oxygen atoms in total. The van der Waals surface area contributed by atoms with E-state index in [9.17, 15) is 8.42 Å². The third-order valence-corrected chi connectivity index (χ3v) is 4.37. The van der Waals surface area contributed by atoms with Crippen molar-refractivity contribution < 1.29 is 13.5 Å². The smallest absolute Gasteiger partial charge is 0.153 e. The molecule has 0 amide bonds. The number of sulfone groups is 1. The summed E-state index contributed by atoms with van der Waals surface area (Å²) < 4.78 is 22.8. The van der Waals surface area contributed by atoms with Crippen molar-refractivity contribution in [3.05, 3.63) is 0 Å². The van der Waals surface area contributed by atoms with E-state index >= 15 is 0 Å². The summed E-state index contributed by atoms with van der Waals surface area (Å²) in [7, 11) is -2.93. The van der Waals surface area contributed by atoms with E-state index in [0.29, 0.717) is 13.0 Å². The van der Waals surface area contributed by atoms with E-state index in [1.807, 2.05) is 6.92 Å². The highest BCUT2D eigenvalue weighted by molar-refractivity contribution is 7.92. The van der Waals surface area contributed by atoms with Gasteiger partial charge in [0.1, 0.15) is 0 Å². The summed E-state index contributed by atoms with van der Waals surface area (Å²) in [5, 5.41) is 11.4. The highest BCUT2D eigenvalue weighted by Crippen LogP contribution is 1.99. The Morgan fingerprint density at radius 2 is 1.86 bits per heavy atom. The molecule has 0 bridgehead atoms. The van der Waals surface area contributed by atoms with Gasteiger partial charge < -0.3 is 10.4 Å². The van der Waals surface area contributed by atoms with Gasteiger partial charge in [-0.3, -0.25) is 0 Å². The maximum Gasteiger partial charge on any atom is 0.153 e.